The number of nitrogens with zero attached hydrogens (tertiary/aromatic N) is 8. The highest BCUT2D eigenvalue weighted by Crippen LogP contribution is 2.42. The van der Waals surface area contributed by atoms with Gasteiger partial charge in [-0.2, -0.15) is 0 Å². The lowest BCUT2D eigenvalue weighted by molar-refractivity contribution is 0.477. The van der Waals surface area contributed by atoms with E-state index < -0.39 is 0 Å². The summed E-state index contributed by atoms with van der Waals surface area (Å²) in [4.78, 5) is 5.18. The van der Waals surface area contributed by atoms with Gasteiger partial charge in [0.25, 0.3) is 0 Å². The molecule has 10 nitrogen and oxygen atoms in total. The van der Waals surface area contributed by atoms with Crippen molar-refractivity contribution in [1.82, 2.24) is 9.62 Å². The number of aryl methyl sites for hydroxylation is 12. The summed E-state index contributed by atoms with van der Waals surface area (Å²) in [5.74, 6) is 0. The Morgan fingerprint density at radius 1 is 0.306 bits per heavy atom. The summed E-state index contributed by atoms with van der Waals surface area (Å²) < 4.78 is 15.4. The maximum Gasteiger partial charge on any atom is 0.479 e. The average molecular weight is 1120 g/mol. The van der Waals surface area contributed by atoms with Gasteiger partial charge in [-0.25, -0.2) is 0 Å². The Morgan fingerprint density at radius 3 is 0.765 bits per heavy atom. The Balaban J connectivity index is 1.00. The standard InChI is InChI=1S/C69H86B6N10/c1-17-78(18-2)74-82(66-52(9)31-23-32-53(66)10)70-80(64-48(5)27-21-28-49(64)6)72(84(74)68-56(13)35-25-36-57(68)14)76-62-43-39-60(40-44-62)47-61-41-45-63(46-42-61)77-73-81(65-50(7)29-22-30-51(65)8)71-83(67-54(11)33-24-34-55(67)12)75(79(19-3)20-4)85(73)69-58(15)37-26-38-59(69)16/h21-46,76-77H,17-20,47H2,1-16H3. The van der Waals surface area contributed by atoms with Crippen molar-refractivity contribution in [3.05, 3.63) is 236 Å². The number of hydrogen-bond acceptors (Lipinski definition) is 10. The second-order valence-corrected chi connectivity index (χ2v) is 23.9. The molecule has 8 aromatic carbocycles. The molecule has 2 fully saturated rings. The van der Waals surface area contributed by atoms with Crippen molar-refractivity contribution in [2.24, 2.45) is 0 Å². The van der Waals surface area contributed by atoms with Crippen LogP contribution in [0.3, 0.4) is 0 Å². The van der Waals surface area contributed by atoms with Crippen LogP contribution in [0.4, 0.5) is 45.5 Å². The normalized spacial score (nSPS) is 13.8. The predicted octanol–water partition coefficient (Wildman–Crippen LogP) is 14.6. The van der Waals surface area contributed by atoms with Crippen LogP contribution in [0.2, 0.25) is 0 Å². The zero-order valence-corrected chi connectivity index (χ0v) is 53.6. The first-order valence-corrected chi connectivity index (χ1v) is 30.9. The fourth-order valence-corrected chi connectivity index (χ4v) is 13.8. The van der Waals surface area contributed by atoms with Gasteiger partial charge in [0.2, 0.25) is 0 Å². The van der Waals surface area contributed by atoms with Crippen LogP contribution in [0.5, 0.6) is 0 Å². The fourth-order valence-electron chi connectivity index (χ4n) is 13.8. The zero-order valence-electron chi connectivity index (χ0n) is 53.6. The molecule has 2 heterocycles. The number of para-hydroxylation sites is 6. The van der Waals surface area contributed by atoms with E-state index in [1.807, 2.05) is 0 Å². The van der Waals surface area contributed by atoms with E-state index in [2.05, 4.69) is 332 Å². The second-order valence-electron chi connectivity index (χ2n) is 23.9. The van der Waals surface area contributed by atoms with Gasteiger partial charge in [0.1, 0.15) is 0 Å². The summed E-state index contributed by atoms with van der Waals surface area (Å²) in [5.41, 5.74) is 26.8. The fraction of sp³-hybridized carbons (Fsp3) is 0.304. The summed E-state index contributed by atoms with van der Waals surface area (Å²) >= 11 is 0. The molecule has 10 rings (SSSR count). The monoisotopic (exact) mass is 1120 g/mol. The average Bonchev–Trinajstić information content (AvgIpc) is 1.79. The number of hydrogen-bond donors (Lipinski definition) is 2. The maximum atomic E-state index is 4.18. The van der Waals surface area contributed by atoms with Gasteiger partial charge >= 0.3 is 43.6 Å². The lowest BCUT2D eigenvalue weighted by Gasteiger charge is -2.55. The van der Waals surface area contributed by atoms with E-state index >= 15 is 0 Å². The number of anilines is 8. The van der Waals surface area contributed by atoms with E-state index in [0.717, 1.165) is 44.0 Å². The first-order valence-electron chi connectivity index (χ1n) is 30.9. The van der Waals surface area contributed by atoms with Crippen molar-refractivity contribution in [2.45, 2.75) is 117 Å². The molecule has 0 spiro atoms. The van der Waals surface area contributed by atoms with Crippen LogP contribution in [0.15, 0.2) is 158 Å². The summed E-state index contributed by atoms with van der Waals surface area (Å²) in [7, 11) is 3.89. The maximum absolute atomic E-state index is 4.18. The van der Waals surface area contributed by atoms with E-state index in [-0.39, 0.29) is 28.5 Å². The second kappa shape index (κ2) is 26.0. The molecule has 2 N–H and O–H groups in total. The highest BCUT2D eigenvalue weighted by atomic mass is 15.4. The van der Waals surface area contributed by atoms with E-state index in [1.165, 1.54) is 112 Å². The van der Waals surface area contributed by atoms with Gasteiger partial charge in [0, 0.05) is 45.5 Å². The number of rotatable bonds is 18. The summed E-state index contributed by atoms with van der Waals surface area (Å²) in [6.45, 7) is 39.7. The van der Waals surface area contributed by atoms with Crippen LogP contribution in [-0.4, -0.2) is 79.4 Å². The molecule has 2 aliphatic heterocycles. The summed E-state index contributed by atoms with van der Waals surface area (Å²) in [6, 6.07) is 58.4. The van der Waals surface area contributed by atoms with Crippen LogP contribution in [0.1, 0.15) is 106 Å². The van der Waals surface area contributed by atoms with Crippen LogP contribution >= 0.6 is 0 Å². The molecule has 8 aromatic rings. The molecular formula is C69H86B6N10. The van der Waals surface area contributed by atoms with Gasteiger partial charge in [-0.3, -0.25) is 0 Å². The molecule has 0 amide bonds. The first kappa shape index (κ1) is 60.6. The van der Waals surface area contributed by atoms with Crippen molar-refractivity contribution in [1.29, 1.82) is 0 Å². The molecule has 85 heavy (non-hydrogen) atoms. The third-order valence-corrected chi connectivity index (χ3v) is 17.9. The third-order valence-electron chi connectivity index (χ3n) is 17.9. The molecule has 0 atom stereocenters. The number of benzene rings is 8. The van der Waals surface area contributed by atoms with Gasteiger partial charge in [-0.1, -0.05) is 161 Å². The Morgan fingerprint density at radius 2 is 0.529 bits per heavy atom. The van der Waals surface area contributed by atoms with Gasteiger partial charge in [0.15, 0.2) is 0 Å². The predicted molar refractivity (Wildman–Crippen MR) is 374 cm³/mol. The van der Waals surface area contributed by atoms with Crippen molar-refractivity contribution in [2.75, 3.05) is 65.0 Å². The summed E-state index contributed by atoms with van der Waals surface area (Å²) in [5, 5.41) is 8.36. The minimum absolute atomic E-state index is 0.147. The van der Waals surface area contributed by atoms with Crippen LogP contribution in [-0.2, 0) is 6.42 Å². The highest BCUT2D eigenvalue weighted by Gasteiger charge is 2.55. The van der Waals surface area contributed by atoms with Crippen molar-refractivity contribution in [3.63, 3.8) is 0 Å². The molecule has 430 valence electrons. The quantitative estimate of drug-likeness (QED) is 0.0813. The summed E-state index contributed by atoms with van der Waals surface area (Å²) in [6.07, 6.45) is 0.796. The first-order chi connectivity index (χ1) is 41.0. The molecule has 0 aromatic heterocycles. The van der Waals surface area contributed by atoms with Crippen molar-refractivity contribution >= 4 is 89.1 Å². The van der Waals surface area contributed by atoms with E-state index in [9.17, 15) is 0 Å². The lowest BCUT2D eigenvalue weighted by atomic mass is 9.57. The third kappa shape index (κ3) is 11.9. The van der Waals surface area contributed by atoms with Gasteiger partial charge in [-0.05, 0) is 218 Å². The Hall–Kier alpha value is -7.53. The van der Waals surface area contributed by atoms with Crippen molar-refractivity contribution < 1.29 is 0 Å². The lowest BCUT2D eigenvalue weighted by Crippen LogP contribution is -2.81. The van der Waals surface area contributed by atoms with Gasteiger partial charge < -0.3 is 48.4 Å². The molecule has 0 bridgehead atoms. The highest BCUT2D eigenvalue weighted by molar-refractivity contribution is 7.01. The Bertz CT molecular complexity index is 3270. The van der Waals surface area contributed by atoms with Crippen LogP contribution < -0.4 is 38.8 Å². The largest absolute Gasteiger partial charge is 0.479 e. The van der Waals surface area contributed by atoms with Gasteiger partial charge in [-0.15, -0.1) is 0 Å². The molecule has 0 saturated carbocycles. The molecule has 0 unspecified atom stereocenters. The minimum atomic E-state index is -0.299. The smallest absolute Gasteiger partial charge is 0.412 e. The van der Waals surface area contributed by atoms with E-state index in [1.54, 1.807) is 0 Å². The molecule has 2 aliphatic rings. The topological polar surface area (TPSA) is 50.0 Å². The molecule has 2 radical (unpaired) electrons. The Labute approximate surface area is 513 Å². The van der Waals surface area contributed by atoms with Crippen LogP contribution in [0.25, 0.3) is 0 Å². The SMILES string of the molecule is CCN(CC)B1N(c2c(C)cccc2C)[B]N(c2c(C)cccc2C)B(Nc2ccc(Cc3ccc(NB4N(c5c(C)cccc5C)[B]N(c5c(C)cccc5C)B(N(CC)CC)N4c4c(C)cccc4C)cc3)cc2)N1c1c(C)cccc1C. The van der Waals surface area contributed by atoms with E-state index in [0.29, 0.717) is 0 Å². The zero-order chi connectivity index (χ0) is 60.4. The van der Waals surface area contributed by atoms with E-state index in [4.69, 9.17) is 0 Å². The molecular weight excluding hydrogens is 1030 g/mol. The molecule has 2 saturated heterocycles. The Kier molecular flexibility index (Phi) is 18.5. The minimum Gasteiger partial charge on any atom is -0.412 e. The van der Waals surface area contributed by atoms with Crippen molar-refractivity contribution in [3.8, 4) is 0 Å². The molecule has 0 aliphatic carbocycles. The molecule has 16 heteroatoms. The number of nitrogens with one attached hydrogen (secondary N) is 2. The van der Waals surface area contributed by atoms with Gasteiger partial charge in [0.05, 0.1) is 0 Å². The van der Waals surface area contributed by atoms with Crippen LogP contribution in [0, 0.1) is 83.1 Å².